The molecule has 0 spiro atoms. The van der Waals surface area contributed by atoms with Crippen LogP contribution >= 0.6 is 7.28 Å². The van der Waals surface area contributed by atoms with Crippen molar-refractivity contribution in [3.8, 4) is 0 Å². The van der Waals surface area contributed by atoms with Crippen molar-refractivity contribution in [2.45, 2.75) is 13.3 Å². The second kappa shape index (κ2) is 1.92. The van der Waals surface area contributed by atoms with Crippen LogP contribution in [0, 0.1) is 0 Å². The van der Waals surface area contributed by atoms with Gasteiger partial charge in [0, 0.05) is 0 Å². The van der Waals surface area contributed by atoms with Gasteiger partial charge in [-0.05, 0) is 0 Å². The number of hydrogen-bond donors (Lipinski definition) is 3. The molecule has 0 atom stereocenters. The first-order chi connectivity index (χ1) is 3.31. The van der Waals surface area contributed by atoms with E-state index in [9.17, 15) is 0 Å². The van der Waals surface area contributed by atoms with Crippen LogP contribution in [0.15, 0.2) is 0 Å². The van der Waals surface area contributed by atoms with Crippen LogP contribution in [0.2, 0.25) is 0 Å². The van der Waals surface area contributed by atoms with Crippen molar-refractivity contribution in [3.63, 3.8) is 0 Å². The molecule has 0 heterocycles. The molecule has 3 nitrogen and oxygen atoms in total. The van der Waals surface area contributed by atoms with Crippen molar-refractivity contribution >= 4 is 7.28 Å². The third-order valence-electron chi connectivity index (χ3n) is 0.747. The molecule has 0 aliphatic rings. The first-order valence-corrected chi connectivity index (χ1v) is 5.30. The fourth-order valence-electron chi connectivity index (χ4n) is 0.524. The van der Waals surface area contributed by atoms with Gasteiger partial charge in [-0.15, -0.1) is 0 Å². The van der Waals surface area contributed by atoms with Crippen molar-refractivity contribution in [2.75, 3.05) is 12.8 Å². The first-order valence-electron chi connectivity index (χ1n) is 2.57. The zero-order chi connectivity index (χ0) is 6.86. The van der Waals surface area contributed by atoms with E-state index >= 15 is 0 Å². The van der Waals surface area contributed by atoms with Gasteiger partial charge in [-0.25, -0.2) is 0 Å². The number of rotatable bonds is 2. The maximum atomic E-state index is 8.72. The van der Waals surface area contributed by atoms with E-state index in [1.807, 2.05) is 0 Å². The summed E-state index contributed by atoms with van der Waals surface area (Å²) in [6.45, 7) is 2.88. The average molecular weight is 140 g/mol. The second-order valence-corrected chi connectivity index (χ2v) is 6.00. The summed E-state index contributed by atoms with van der Waals surface area (Å²) in [5.41, 5.74) is 0. The zero-order valence-electron chi connectivity index (χ0n) is 5.20. The van der Waals surface area contributed by atoms with Gasteiger partial charge in [-0.1, -0.05) is 0 Å². The molecule has 52 valence electrons. The topological polar surface area (TPSA) is 60.7 Å². The normalized spacial score (nSPS) is 17.4. The molecule has 0 rings (SSSR count). The van der Waals surface area contributed by atoms with E-state index in [1.165, 1.54) is 0 Å². The van der Waals surface area contributed by atoms with Crippen molar-refractivity contribution in [1.82, 2.24) is 0 Å². The summed E-state index contributed by atoms with van der Waals surface area (Å²) in [5.74, 6) is 0. The zero-order valence-corrected chi connectivity index (χ0v) is 6.10. The standard InChI is InChI=1S/C4H13O3P/c1-3-4-8(2,5,6)7/h5-7H,3-4H2,1-2H3. The molecule has 0 aromatic carbocycles. The van der Waals surface area contributed by atoms with E-state index in [1.54, 1.807) is 6.92 Å². The molecular formula is C4H13O3P. The van der Waals surface area contributed by atoms with Crippen molar-refractivity contribution in [1.29, 1.82) is 0 Å². The second-order valence-electron chi connectivity index (χ2n) is 2.33. The predicted octanol–water partition coefficient (Wildman–Crippen LogP) is 0.301. The van der Waals surface area contributed by atoms with E-state index in [2.05, 4.69) is 0 Å². The number of hydrogen-bond acceptors (Lipinski definition) is 3. The Hall–Kier alpha value is 0.310. The van der Waals surface area contributed by atoms with Crippen molar-refractivity contribution in [3.05, 3.63) is 0 Å². The Balaban J connectivity index is 3.73. The van der Waals surface area contributed by atoms with Crippen molar-refractivity contribution in [2.24, 2.45) is 0 Å². The van der Waals surface area contributed by atoms with Gasteiger partial charge in [0.05, 0.1) is 0 Å². The van der Waals surface area contributed by atoms with Crippen LogP contribution < -0.4 is 0 Å². The van der Waals surface area contributed by atoms with E-state index in [-0.39, 0.29) is 6.16 Å². The van der Waals surface area contributed by atoms with Gasteiger partial charge in [0.15, 0.2) is 0 Å². The van der Waals surface area contributed by atoms with Gasteiger partial charge in [-0.2, -0.15) is 0 Å². The molecule has 0 saturated carbocycles. The Morgan fingerprint density at radius 1 is 1.25 bits per heavy atom. The molecule has 0 fully saturated rings. The molecule has 0 aromatic heterocycles. The molecule has 0 unspecified atom stereocenters. The Morgan fingerprint density at radius 3 is 1.62 bits per heavy atom. The quantitative estimate of drug-likeness (QED) is 0.483. The molecular weight excluding hydrogens is 127 g/mol. The monoisotopic (exact) mass is 140 g/mol. The van der Waals surface area contributed by atoms with Crippen LogP contribution in [0.4, 0.5) is 0 Å². The Kier molecular flexibility index (Phi) is 2.00. The molecule has 0 bridgehead atoms. The summed E-state index contributed by atoms with van der Waals surface area (Å²) in [6.07, 6.45) is 0.698. The van der Waals surface area contributed by atoms with Gasteiger partial charge in [0.2, 0.25) is 0 Å². The molecule has 0 saturated heterocycles. The summed E-state index contributed by atoms with van der Waals surface area (Å²) in [6, 6.07) is 0. The van der Waals surface area contributed by atoms with Crippen LogP contribution in [0.5, 0.6) is 0 Å². The van der Waals surface area contributed by atoms with Crippen LogP contribution in [-0.2, 0) is 0 Å². The SMILES string of the molecule is CCCP(C)(O)(O)O. The first kappa shape index (κ1) is 8.31. The predicted molar refractivity (Wildman–Crippen MR) is 34.7 cm³/mol. The maximum absolute atomic E-state index is 8.72. The molecule has 3 N–H and O–H groups in total. The van der Waals surface area contributed by atoms with Gasteiger partial charge in [0.25, 0.3) is 0 Å². The van der Waals surface area contributed by atoms with Crippen LogP contribution in [0.3, 0.4) is 0 Å². The van der Waals surface area contributed by atoms with E-state index in [0.717, 1.165) is 6.66 Å². The molecule has 0 aromatic rings. The van der Waals surface area contributed by atoms with Gasteiger partial charge < -0.3 is 0 Å². The summed E-state index contributed by atoms with van der Waals surface area (Å²) in [7, 11) is -4.10. The molecule has 0 aliphatic carbocycles. The van der Waals surface area contributed by atoms with Crippen molar-refractivity contribution < 1.29 is 14.7 Å². The molecule has 0 aliphatic heterocycles. The van der Waals surface area contributed by atoms with Gasteiger partial charge >= 0.3 is 48.1 Å². The Bertz CT molecular complexity index is 73.8. The van der Waals surface area contributed by atoms with Crippen LogP contribution in [-0.4, -0.2) is 27.5 Å². The fourth-order valence-corrected chi connectivity index (χ4v) is 1.57. The van der Waals surface area contributed by atoms with E-state index in [0.29, 0.717) is 6.42 Å². The molecule has 8 heavy (non-hydrogen) atoms. The summed E-state index contributed by atoms with van der Waals surface area (Å²) in [5, 5.41) is 0. The third-order valence-corrected chi connectivity index (χ3v) is 2.24. The molecule has 4 heteroatoms. The summed E-state index contributed by atoms with van der Waals surface area (Å²) in [4.78, 5) is 26.2. The van der Waals surface area contributed by atoms with Crippen LogP contribution in [0.1, 0.15) is 13.3 Å². The minimum atomic E-state index is -4.10. The van der Waals surface area contributed by atoms with Gasteiger partial charge in [0.1, 0.15) is 0 Å². The van der Waals surface area contributed by atoms with Crippen LogP contribution in [0.25, 0.3) is 0 Å². The summed E-state index contributed by atoms with van der Waals surface area (Å²) >= 11 is 0. The van der Waals surface area contributed by atoms with E-state index in [4.69, 9.17) is 14.7 Å². The fraction of sp³-hybridized carbons (Fsp3) is 1.00. The Morgan fingerprint density at radius 2 is 1.62 bits per heavy atom. The average Bonchev–Trinajstić information content (AvgIpc) is 1.25. The molecule has 0 radical (unpaired) electrons. The van der Waals surface area contributed by atoms with E-state index < -0.39 is 7.28 Å². The Labute approximate surface area is 49.1 Å². The van der Waals surface area contributed by atoms with Gasteiger partial charge in [-0.3, -0.25) is 0 Å². The summed E-state index contributed by atoms with van der Waals surface area (Å²) < 4.78 is 0. The molecule has 0 amide bonds. The third kappa shape index (κ3) is 6.31. The minimum absolute atomic E-state index is 0.103.